The van der Waals surface area contributed by atoms with Crippen LogP contribution in [-0.4, -0.2) is 32.7 Å². The molecule has 3 N–H and O–H groups in total. The van der Waals surface area contributed by atoms with Gasteiger partial charge in [-0.2, -0.15) is 0 Å². The van der Waals surface area contributed by atoms with Crippen LogP contribution in [0.5, 0.6) is 11.5 Å². The topological polar surface area (TPSA) is 73.6 Å². The SMILES string of the molecule is COc1ccc(OCCC(=O)NCC(C)CN)cc1.Cl. The van der Waals surface area contributed by atoms with E-state index in [4.69, 9.17) is 15.2 Å². The molecule has 0 aliphatic rings. The number of ether oxygens (including phenoxy) is 2. The van der Waals surface area contributed by atoms with Gasteiger partial charge in [0.05, 0.1) is 20.1 Å². The quantitative estimate of drug-likeness (QED) is 0.765. The zero-order chi connectivity index (χ0) is 14.1. The maximum atomic E-state index is 11.5. The molecule has 6 heteroatoms. The molecule has 0 aliphatic heterocycles. The first-order chi connectivity index (χ1) is 9.15. The summed E-state index contributed by atoms with van der Waals surface area (Å²) >= 11 is 0. The molecule has 0 aliphatic carbocycles. The van der Waals surface area contributed by atoms with E-state index in [-0.39, 0.29) is 18.3 Å². The van der Waals surface area contributed by atoms with E-state index in [0.717, 1.165) is 11.5 Å². The Morgan fingerprint density at radius 3 is 2.45 bits per heavy atom. The average Bonchev–Trinajstić information content (AvgIpc) is 2.45. The van der Waals surface area contributed by atoms with E-state index in [1.807, 2.05) is 31.2 Å². The van der Waals surface area contributed by atoms with Crippen LogP contribution in [0.3, 0.4) is 0 Å². The lowest BCUT2D eigenvalue weighted by molar-refractivity contribution is -0.121. The molecule has 114 valence electrons. The maximum absolute atomic E-state index is 11.5. The minimum absolute atomic E-state index is 0. The molecule has 0 spiro atoms. The molecular formula is C14H23ClN2O3. The Labute approximate surface area is 126 Å². The van der Waals surface area contributed by atoms with Crippen LogP contribution in [0.25, 0.3) is 0 Å². The third kappa shape index (κ3) is 7.21. The molecule has 0 saturated heterocycles. The molecular weight excluding hydrogens is 280 g/mol. The Kier molecular flexibility index (Phi) is 9.59. The van der Waals surface area contributed by atoms with Crippen molar-refractivity contribution in [2.24, 2.45) is 11.7 Å². The maximum Gasteiger partial charge on any atom is 0.223 e. The van der Waals surface area contributed by atoms with E-state index in [1.54, 1.807) is 7.11 Å². The van der Waals surface area contributed by atoms with E-state index >= 15 is 0 Å². The molecule has 5 nitrogen and oxygen atoms in total. The van der Waals surface area contributed by atoms with Gasteiger partial charge in [-0.15, -0.1) is 12.4 Å². The number of nitrogens with one attached hydrogen (secondary N) is 1. The van der Waals surface area contributed by atoms with Crippen LogP contribution >= 0.6 is 12.4 Å². The van der Waals surface area contributed by atoms with E-state index in [9.17, 15) is 4.79 Å². The molecule has 0 saturated carbocycles. The molecule has 1 unspecified atom stereocenters. The third-order valence-corrected chi connectivity index (χ3v) is 2.71. The van der Waals surface area contributed by atoms with Crippen LogP contribution in [0.1, 0.15) is 13.3 Å². The van der Waals surface area contributed by atoms with Gasteiger partial charge in [-0.1, -0.05) is 6.92 Å². The number of hydrogen-bond acceptors (Lipinski definition) is 4. The van der Waals surface area contributed by atoms with Gasteiger partial charge < -0.3 is 20.5 Å². The standard InChI is InChI=1S/C14H22N2O3.ClH/c1-11(9-15)10-16-14(17)7-8-19-13-5-3-12(18-2)4-6-13;/h3-6,11H,7-10,15H2,1-2H3,(H,16,17);1H. The van der Waals surface area contributed by atoms with E-state index in [1.165, 1.54) is 0 Å². The number of benzene rings is 1. The number of nitrogens with two attached hydrogens (primary N) is 1. The highest BCUT2D eigenvalue weighted by Crippen LogP contribution is 2.16. The summed E-state index contributed by atoms with van der Waals surface area (Å²) < 4.78 is 10.5. The van der Waals surface area contributed by atoms with Crippen molar-refractivity contribution >= 4 is 18.3 Å². The summed E-state index contributed by atoms with van der Waals surface area (Å²) in [7, 11) is 1.61. The second-order valence-corrected chi connectivity index (χ2v) is 4.42. The fourth-order valence-electron chi connectivity index (χ4n) is 1.39. The molecule has 1 rings (SSSR count). The fourth-order valence-corrected chi connectivity index (χ4v) is 1.39. The Bertz CT molecular complexity index is 385. The van der Waals surface area contributed by atoms with Crippen molar-refractivity contribution < 1.29 is 14.3 Å². The largest absolute Gasteiger partial charge is 0.497 e. The van der Waals surface area contributed by atoms with Gasteiger partial charge in [0.1, 0.15) is 11.5 Å². The summed E-state index contributed by atoms with van der Waals surface area (Å²) in [6.45, 7) is 3.53. The van der Waals surface area contributed by atoms with Gasteiger partial charge in [0.25, 0.3) is 0 Å². The predicted octanol–water partition coefficient (Wildman–Crippen LogP) is 1.60. The average molecular weight is 303 g/mol. The summed E-state index contributed by atoms with van der Waals surface area (Å²) in [4.78, 5) is 11.5. The summed E-state index contributed by atoms with van der Waals surface area (Å²) in [5, 5.41) is 2.82. The Morgan fingerprint density at radius 2 is 1.90 bits per heavy atom. The molecule has 1 atom stereocenters. The second kappa shape index (κ2) is 10.3. The van der Waals surface area contributed by atoms with Crippen LogP contribution in [0.2, 0.25) is 0 Å². The smallest absolute Gasteiger partial charge is 0.223 e. The third-order valence-electron chi connectivity index (χ3n) is 2.71. The summed E-state index contributed by atoms with van der Waals surface area (Å²) in [6.07, 6.45) is 0.337. The fraction of sp³-hybridized carbons (Fsp3) is 0.500. The zero-order valence-corrected chi connectivity index (χ0v) is 12.7. The first kappa shape index (κ1) is 18.5. The molecule has 1 amide bonds. The van der Waals surface area contributed by atoms with Gasteiger partial charge in [-0.25, -0.2) is 0 Å². The number of carbonyl (C=O) groups excluding carboxylic acids is 1. The second-order valence-electron chi connectivity index (χ2n) is 4.42. The Morgan fingerprint density at radius 1 is 1.30 bits per heavy atom. The van der Waals surface area contributed by atoms with Crippen LogP contribution in [0.15, 0.2) is 24.3 Å². The number of halogens is 1. The zero-order valence-electron chi connectivity index (χ0n) is 11.9. The van der Waals surface area contributed by atoms with Gasteiger partial charge in [-0.05, 0) is 36.7 Å². The number of hydrogen-bond donors (Lipinski definition) is 2. The Hall–Kier alpha value is -1.46. The minimum atomic E-state index is -0.0196. The van der Waals surface area contributed by atoms with Crippen LogP contribution in [-0.2, 0) is 4.79 Å². The first-order valence-corrected chi connectivity index (χ1v) is 6.39. The summed E-state index contributed by atoms with van der Waals surface area (Å²) in [5.41, 5.74) is 5.47. The van der Waals surface area contributed by atoms with Gasteiger partial charge >= 0.3 is 0 Å². The monoisotopic (exact) mass is 302 g/mol. The van der Waals surface area contributed by atoms with Crippen molar-refractivity contribution in [1.29, 1.82) is 0 Å². The minimum Gasteiger partial charge on any atom is -0.497 e. The summed E-state index contributed by atoms with van der Waals surface area (Å²) in [6, 6.07) is 7.26. The molecule has 0 fully saturated rings. The number of amides is 1. The molecule has 0 bridgehead atoms. The van der Waals surface area contributed by atoms with Crippen molar-refractivity contribution in [3.63, 3.8) is 0 Å². The van der Waals surface area contributed by atoms with E-state index in [0.29, 0.717) is 32.0 Å². The lowest BCUT2D eigenvalue weighted by atomic mass is 10.2. The molecule has 1 aromatic rings. The van der Waals surface area contributed by atoms with Crippen LogP contribution < -0.4 is 20.5 Å². The van der Waals surface area contributed by atoms with E-state index in [2.05, 4.69) is 5.32 Å². The molecule has 1 aromatic carbocycles. The van der Waals surface area contributed by atoms with Crippen molar-refractivity contribution in [2.75, 3.05) is 26.8 Å². The first-order valence-electron chi connectivity index (χ1n) is 6.39. The number of rotatable bonds is 8. The highest BCUT2D eigenvalue weighted by Gasteiger charge is 2.04. The lowest BCUT2D eigenvalue weighted by Crippen LogP contribution is -2.31. The van der Waals surface area contributed by atoms with Gasteiger partial charge in [0, 0.05) is 6.54 Å². The number of methoxy groups -OCH3 is 1. The van der Waals surface area contributed by atoms with Crippen molar-refractivity contribution in [3.8, 4) is 11.5 Å². The molecule has 0 heterocycles. The molecule has 0 aromatic heterocycles. The van der Waals surface area contributed by atoms with Crippen LogP contribution in [0.4, 0.5) is 0 Å². The Balaban J connectivity index is 0.00000361. The van der Waals surface area contributed by atoms with Gasteiger partial charge in [0.15, 0.2) is 0 Å². The van der Waals surface area contributed by atoms with Crippen molar-refractivity contribution in [1.82, 2.24) is 5.32 Å². The van der Waals surface area contributed by atoms with Crippen molar-refractivity contribution in [2.45, 2.75) is 13.3 Å². The molecule has 0 radical (unpaired) electrons. The summed E-state index contributed by atoms with van der Waals surface area (Å²) in [5.74, 6) is 1.78. The van der Waals surface area contributed by atoms with Crippen LogP contribution in [0, 0.1) is 5.92 Å². The predicted molar refractivity (Wildman–Crippen MR) is 81.6 cm³/mol. The van der Waals surface area contributed by atoms with Gasteiger partial charge in [-0.3, -0.25) is 4.79 Å². The van der Waals surface area contributed by atoms with E-state index < -0.39 is 0 Å². The number of carbonyl (C=O) groups is 1. The van der Waals surface area contributed by atoms with Crippen molar-refractivity contribution in [3.05, 3.63) is 24.3 Å². The lowest BCUT2D eigenvalue weighted by Gasteiger charge is -2.10. The highest BCUT2D eigenvalue weighted by atomic mass is 35.5. The highest BCUT2D eigenvalue weighted by molar-refractivity contribution is 5.85. The molecule has 20 heavy (non-hydrogen) atoms. The van der Waals surface area contributed by atoms with Gasteiger partial charge in [0.2, 0.25) is 5.91 Å². The normalized spacial score (nSPS) is 11.2.